The minimum Gasteiger partial charge on any atom is -0.493 e. The Labute approximate surface area is 228 Å². The molecular weight excluding hydrogens is 524 g/mol. The van der Waals surface area contributed by atoms with Gasteiger partial charge in [-0.1, -0.05) is 12.1 Å². The third-order valence-corrected chi connectivity index (χ3v) is 6.78. The summed E-state index contributed by atoms with van der Waals surface area (Å²) in [5.74, 6) is -0.349. The lowest BCUT2D eigenvalue weighted by atomic mass is 10.1. The van der Waals surface area contributed by atoms with Crippen LogP contribution in [0.3, 0.4) is 0 Å². The summed E-state index contributed by atoms with van der Waals surface area (Å²) in [4.78, 5) is 50.5. The summed E-state index contributed by atoms with van der Waals surface area (Å²) in [6, 6.07) is 13.6. The summed E-state index contributed by atoms with van der Waals surface area (Å²) >= 11 is 0.757. The number of amides is 3. The van der Waals surface area contributed by atoms with Crippen molar-refractivity contribution in [1.29, 1.82) is 0 Å². The lowest BCUT2D eigenvalue weighted by Gasteiger charge is -2.13. The van der Waals surface area contributed by atoms with E-state index in [2.05, 4.69) is 10.1 Å². The van der Waals surface area contributed by atoms with Gasteiger partial charge in [-0.3, -0.25) is 19.3 Å². The molecule has 39 heavy (non-hydrogen) atoms. The van der Waals surface area contributed by atoms with Crippen molar-refractivity contribution >= 4 is 46.5 Å². The Morgan fingerprint density at radius 1 is 1.00 bits per heavy atom. The number of rotatable bonds is 9. The summed E-state index contributed by atoms with van der Waals surface area (Å²) in [5, 5.41) is 2.19. The average molecular weight is 551 g/mol. The molecule has 0 saturated carbocycles. The molecule has 0 unspecified atom stereocenters. The number of aryl methyl sites for hydroxylation is 2. The minimum absolute atomic E-state index is 0.0375. The van der Waals surface area contributed by atoms with Gasteiger partial charge in [-0.05, 0) is 84.8 Å². The van der Waals surface area contributed by atoms with Crippen LogP contribution in [-0.4, -0.2) is 48.7 Å². The number of benzene rings is 2. The number of imide groups is 1. The summed E-state index contributed by atoms with van der Waals surface area (Å²) in [6.45, 7) is 3.54. The van der Waals surface area contributed by atoms with E-state index in [1.54, 1.807) is 36.4 Å². The molecule has 4 rings (SSSR count). The van der Waals surface area contributed by atoms with E-state index in [0.29, 0.717) is 28.5 Å². The molecule has 202 valence electrons. The Morgan fingerprint density at radius 3 is 2.51 bits per heavy atom. The van der Waals surface area contributed by atoms with Crippen molar-refractivity contribution in [3.63, 3.8) is 0 Å². The molecule has 11 heteroatoms. The first-order chi connectivity index (χ1) is 18.7. The number of methoxy groups -OCH3 is 2. The van der Waals surface area contributed by atoms with Gasteiger partial charge in [0.25, 0.3) is 11.1 Å². The number of esters is 1. The Morgan fingerprint density at radius 2 is 1.79 bits per heavy atom. The summed E-state index contributed by atoms with van der Waals surface area (Å²) in [6.07, 6.45) is 1.55. The van der Waals surface area contributed by atoms with Gasteiger partial charge in [0.15, 0.2) is 11.5 Å². The van der Waals surface area contributed by atoms with Gasteiger partial charge in [-0.25, -0.2) is 4.79 Å². The highest BCUT2D eigenvalue weighted by atomic mass is 32.2. The first kappa shape index (κ1) is 27.5. The second kappa shape index (κ2) is 11.9. The molecule has 1 aliphatic rings. The van der Waals surface area contributed by atoms with Gasteiger partial charge in [-0.2, -0.15) is 0 Å². The summed E-state index contributed by atoms with van der Waals surface area (Å²) in [7, 11) is 2.73. The predicted octanol–water partition coefficient (Wildman–Crippen LogP) is 4.95. The van der Waals surface area contributed by atoms with Crippen LogP contribution in [0.1, 0.15) is 33.0 Å². The smallest absolute Gasteiger partial charge is 0.373 e. The molecule has 0 aliphatic carbocycles. The van der Waals surface area contributed by atoms with Crippen LogP contribution in [0, 0.1) is 13.8 Å². The molecule has 1 aliphatic heterocycles. The number of thioether (sulfide) groups is 1. The maximum Gasteiger partial charge on any atom is 0.373 e. The van der Waals surface area contributed by atoms with Crippen molar-refractivity contribution in [3.05, 3.63) is 81.6 Å². The van der Waals surface area contributed by atoms with Gasteiger partial charge in [0.05, 0.1) is 19.1 Å². The van der Waals surface area contributed by atoms with Crippen molar-refractivity contribution in [2.24, 2.45) is 0 Å². The fourth-order valence-electron chi connectivity index (χ4n) is 3.66. The molecule has 10 nitrogen and oxygen atoms in total. The number of nitrogens with one attached hydrogen (secondary N) is 1. The molecule has 3 aromatic rings. The fourth-order valence-corrected chi connectivity index (χ4v) is 4.50. The molecule has 0 radical (unpaired) electrons. The molecule has 1 fully saturated rings. The number of ether oxygens (including phenoxy) is 3. The van der Waals surface area contributed by atoms with Crippen LogP contribution in [0.5, 0.6) is 11.5 Å². The summed E-state index contributed by atoms with van der Waals surface area (Å²) in [5.41, 5.74) is 3.29. The van der Waals surface area contributed by atoms with Crippen LogP contribution in [0.15, 0.2) is 57.9 Å². The van der Waals surface area contributed by atoms with E-state index >= 15 is 0 Å². The van der Waals surface area contributed by atoms with Crippen molar-refractivity contribution < 1.29 is 37.8 Å². The number of carbonyl (C=O) groups is 4. The predicted molar refractivity (Wildman–Crippen MR) is 145 cm³/mol. The zero-order valence-electron chi connectivity index (χ0n) is 21.7. The quantitative estimate of drug-likeness (QED) is 0.291. The molecule has 2 heterocycles. The Kier molecular flexibility index (Phi) is 8.40. The van der Waals surface area contributed by atoms with Crippen LogP contribution in [0.4, 0.5) is 10.5 Å². The van der Waals surface area contributed by atoms with E-state index < -0.39 is 29.6 Å². The highest BCUT2D eigenvalue weighted by molar-refractivity contribution is 8.18. The zero-order chi connectivity index (χ0) is 28.1. The number of hydrogen-bond donors (Lipinski definition) is 1. The van der Waals surface area contributed by atoms with Gasteiger partial charge in [0.2, 0.25) is 11.7 Å². The van der Waals surface area contributed by atoms with Crippen LogP contribution < -0.4 is 14.8 Å². The third-order valence-electron chi connectivity index (χ3n) is 5.87. The first-order valence-corrected chi connectivity index (χ1v) is 12.6. The van der Waals surface area contributed by atoms with Gasteiger partial charge >= 0.3 is 5.97 Å². The zero-order valence-corrected chi connectivity index (χ0v) is 22.5. The van der Waals surface area contributed by atoms with Crippen LogP contribution in [-0.2, 0) is 20.9 Å². The molecule has 1 aromatic heterocycles. The monoisotopic (exact) mass is 550 g/mol. The van der Waals surface area contributed by atoms with E-state index in [9.17, 15) is 19.2 Å². The molecule has 0 spiro atoms. The minimum atomic E-state index is -0.588. The van der Waals surface area contributed by atoms with Gasteiger partial charge in [-0.15, -0.1) is 0 Å². The van der Waals surface area contributed by atoms with Crippen molar-refractivity contribution in [2.75, 3.05) is 26.1 Å². The maximum atomic E-state index is 12.9. The molecule has 3 amide bonds. The number of furan rings is 1. The Balaban J connectivity index is 1.41. The normalized spacial score (nSPS) is 14.1. The van der Waals surface area contributed by atoms with Crippen molar-refractivity contribution in [1.82, 2.24) is 4.90 Å². The first-order valence-electron chi connectivity index (χ1n) is 11.8. The molecule has 0 atom stereocenters. The summed E-state index contributed by atoms with van der Waals surface area (Å²) < 4.78 is 21.2. The van der Waals surface area contributed by atoms with Crippen LogP contribution in [0.2, 0.25) is 0 Å². The van der Waals surface area contributed by atoms with E-state index in [1.807, 2.05) is 26.0 Å². The fraction of sp³-hybridized carbons (Fsp3) is 0.214. The number of anilines is 1. The Bertz CT molecular complexity index is 1480. The van der Waals surface area contributed by atoms with Gasteiger partial charge in [0.1, 0.15) is 18.9 Å². The Hall–Kier alpha value is -4.51. The maximum absolute atomic E-state index is 12.9. The molecular formula is C28H26N2O8S. The van der Waals surface area contributed by atoms with Gasteiger partial charge < -0.3 is 23.9 Å². The average Bonchev–Trinajstić information content (AvgIpc) is 3.50. The second-order valence-electron chi connectivity index (χ2n) is 8.57. The number of carbonyl (C=O) groups excluding carboxylic acids is 4. The number of hydrogen-bond acceptors (Lipinski definition) is 9. The van der Waals surface area contributed by atoms with Crippen molar-refractivity contribution in [3.8, 4) is 11.5 Å². The van der Waals surface area contributed by atoms with Gasteiger partial charge in [0, 0.05) is 5.69 Å². The number of nitrogens with zero attached hydrogens (tertiary/aromatic N) is 1. The third kappa shape index (κ3) is 6.50. The standard InChI is InChI=1S/C28H26N2O8S/c1-16-5-7-19(11-17(16)2)29-25(31)14-30-26(32)24(39-28(30)34)13-18-6-9-21(23(12-18)35-3)37-15-20-8-10-22(38-20)27(33)36-4/h5-13H,14-15H2,1-4H3,(H,29,31). The molecule has 1 N–H and O–H groups in total. The molecule has 1 saturated heterocycles. The molecule has 2 aromatic carbocycles. The topological polar surface area (TPSA) is 124 Å². The lowest BCUT2D eigenvalue weighted by Crippen LogP contribution is -2.36. The van der Waals surface area contributed by atoms with E-state index in [-0.39, 0.29) is 17.3 Å². The second-order valence-corrected chi connectivity index (χ2v) is 9.56. The van der Waals surface area contributed by atoms with Crippen LogP contribution in [0.25, 0.3) is 6.08 Å². The van der Waals surface area contributed by atoms with E-state index in [4.69, 9.17) is 13.9 Å². The lowest BCUT2D eigenvalue weighted by molar-refractivity contribution is -0.127. The van der Waals surface area contributed by atoms with E-state index in [0.717, 1.165) is 27.8 Å². The SMILES string of the molecule is COC(=O)c1ccc(COc2ccc(C=C3SC(=O)N(CC(=O)Nc4ccc(C)c(C)c4)C3=O)cc2OC)o1. The van der Waals surface area contributed by atoms with E-state index in [1.165, 1.54) is 20.3 Å². The van der Waals surface area contributed by atoms with Crippen molar-refractivity contribution in [2.45, 2.75) is 20.5 Å². The van der Waals surface area contributed by atoms with Crippen LogP contribution >= 0.6 is 11.8 Å². The largest absolute Gasteiger partial charge is 0.493 e. The molecule has 0 bridgehead atoms. The highest BCUT2D eigenvalue weighted by Crippen LogP contribution is 2.35. The highest BCUT2D eigenvalue weighted by Gasteiger charge is 2.36.